The molecule has 0 aliphatic heterocycles. The summed E-state index contributed by atoms with van der Waals surface area (Å²) in [6, 6.07) is 8.21. The van der Waals surface area contributed by atoms with E-state index in [1.54, 1.807) is 42.5 Å². The number of hydrogen-bond acceptors (Lipinski definition) is 7. The molecule has 0 amide bonds. The lowest BCUT2D eigenvalue weighted by Crippen LogP contribution is -1.92. The highest BCUT2D eigenvalue weighted by Gasteiger charge is 2.17. The molecule has 0 spiro atoms. The molecule has 0 bridgehead atoms. The Morgan fingerprint density at radius 3 is 2.96 bits per heavy atom. The molecule has 0 saturated carbocycles. The Balaban J connectivity index is 1.84. The number of furan rings is 1. The second-order valence-corrected chi connectivity index (χ2v) is 4.59. The van der Waals surface area contributed by atoms with Crippen LogP contribution in [0.4, 0.5) is 11.7 Å². The summed E-state index contributed by atoms with van der Waals surface area (Å²) in [7, 11) is 1.74. The van der Waals surface area contributed by atoms with Gasteiger partial charge in [0.05, 0.1) is 12.3 Å². The molecule has 9 heteroatoms. The molecule has 116 valence electrons. The molecular weight excluding hydrogens is 300 g/mol. The van der Waals surface area contributed by atoms with Crippen LogP contribution < -0.4 is 5.43 Å². The molecule has 0 unspecified atom stereocenters. The van der Waals surface area contributed by atoms with Gasteiger partial charge in [-0.1, -0.05) is 6.07 Å². The molecule has 23 heavy (non-hydrogen) atoms. The average Bonchev–Trinajstić information content (AvgIpc) is 3.15. The first-order valence-electron chi connectivity index (χ1n) is 6.62. The van der Waals surface area contributed by atoms with Gasteiger partial charge in [0.25, 0.3) is 0 Å². The number of nitro groups is 1. The highest BCUT2D eigenvalue weighted by molar-refractivity contribution is 5.87. The second-order valence-electron chi connectivity index (χ2n) is 4.59. The molecule has 3 rings (SSSR count). The second kappa shape index (κ2) is 6.10. The summed E-state index contributed by atoms with van der Waals surface area (Å²) in [6.07, 6.45) is 4.92. The Bertz CT molecular complexity index is 853. The minimum atomic E-state index is -0.594. The van der Waals surface area contributed by atoms with Gasteiger partial charge in [0.2, 0.25) is 0 Å². The Labute approximate surface area is 130 Å². The third-order valence-electron chi connectivity index (χ3n) is 2.91. The maximum Gasteiger partial charge on any atom is 0.433 e. The van der Waals surface area contributed by atoms with E-state index in [-0.39, 0.29) is 5.88 Å². The van der Waals surface area contributed by atoms with Crippen molar-refractivity contribution in [3.63, 3.8) is 0 Å². The number of aromatic nitrogens is 3. The van der Waals surface area contributed by atoms with Crippen molar-refractivity contribution in [2.45, 2.75) is 0 Å². The van der Waals surface area contributed by atoms with Gasteiger partial charge in [-0.15, -0.1) is 0 Å². The molecule has 0 atom stereocenters. The molecule has 1 N–H and O–H groups in total. The summed E-state index contributed by atoms with van der Waals surface area (Å²) in [5.74, 6) is 0.569. The lowest BCUT2D eigenvalue weighted by atomic mass is 10.2. The van der Waals surface area contributed by atoms with Crippen molar-refractivity contribution in [2.75, 3.05) is 5.43 Å². The molecule has 0 aliphatic carbocycles. The zero-order valence-corrected chi connectivity index (χ0v) is 12.1. The lowest BCUT2D eigenvalue weighted by molar-refractivity contribution is -0.401. The minimum Gasteiger partial charge on any atom is -0.399 e. The quantitative estimate of drug-likeness (QED) is 0.440. The highest BCUT2D eigenvalue weighted by Crippen LogP contribution is 2.26. The molecule has 3 aromatic rings. The van der Waals surface area contributed by atoms with E-state index >= 15 is 0 Å². The number of nitrogens with zero attached hydrogens (tertiary/aromatic N) is 5. The fourth-order valence-corrected chi connectivity index (χ4v) is 1.94. The van der Waals surface area contributed by atoms with E-state index in [0.717, 1.165) is 0 Å². The molecule has 3 aromatic heterocycles. The van der Waals surface area contributed by atoms with E-state index in [0.29, 0.717) is 22.8 Å². The fourth-order valence-electron chi connectivity index (χ4n) is 1.94. The van der Waals surface area contributed by atoms with Gasteiger partial charge in [0.15, 0.2) is 5.76 Å². The van der Waals surface area contributed by atoms with Crippen LogP contribution in [0.5, 0.6) is 0 Å². The van der Waals surface area contributed by atoms with Crippen molar-refractivity contribution in [3.8, 4) is 11.5 Å². The summed E-state index contributed by atoms with van der Waals surface area (Å²) in [5, 5.41) is 19.0. The van der Waals surface area contributed by atoms with E-state index in [1.165, 1.54) is 12.1 Å². The first kappa shape index (κ1) is 14.4. The summed E-state index contributed by atoms with van der Waals surface area (Å²) in [5.41, 5.74) is 3.90. The van der Waals surface area contributed by atoms with Crippen LogP contribution in [-0.2, 0) is 7.05 Å². The number of anilines is 1. The number of pyridine rings is 1. The van der Waals surface area contributed by atoms with Gasteiger partial charge in [0, 0.05) is 25.0 Å². The number of aryl methyl sites for hydroxylation is 1. The van der Waals surface area contributed by atoms with Crippen molar-refractivity contribution in [1.29, 1.82) is 0 Å². The molecule has 9 nitrogen and oxygen atoms in total. The normalized spacial score (nSPS) is 11.0. The zero-order valence-electron chi connectivity index (χ0n) is 12.1. The van der Waals surface area contributed by atoms with E-state index < -0.39 is 4.92 Å². The van der Waals surface area contributed by atoms with Crippen molar-refractivity contribution < 1.29 is 9.34 Å². The number of hydrogen-bond donors (Lipinski definition) is 1. The Hall–Kier alpha value is -3.49. The largest absolute Gasteiger partial charge is 0.433 e. The smallest absolute Gasteiger partial charge is 0.399 e. The lowest BCUT2D eigenvalue weighted by Gasteiger charge is -1.97. The molecule has 3 heterocycles. The van der Waals surface area contributed by atoms with Crippen LogP contribution in [-0.4, -0.2) is 25.9 Å². The predicted molar refractivity (Wildman–Crippen MR) is 83.0 cm³/mol. The molecular formula is C14H12N6O3. The number of rotatable bonds is 5. The van der Waals surface area contributed by atoms with Crippen LogP contribution in [0.1, 0.15) is 5.56 Å². The maximum atomic E-state index is 10.7. The highest BCUT2D eigenvalue weighted by atomic mass is 16.6. The van der Waals surface area contributed by atoms with Crippen molar-refractivity contribution in [1.82, 2.24) is 14.8 Å². The Kier molecular flexibility index (Phi) is 3.83. The van der Waals surface area contributed by atoms with Gasteiger partial charge in [-0.3, -0.25) is 20.2 Å². The summed E-state index contributed by atoms with van der Waals surface area (Å²) < 4.78 is 6.76. The first-order valence-corrected chi connectivity index (χ1v) is 6.62. The van der Waals surface area contributed by atoms with Crippen molar-refractivity contribution >= 4 is 17.9 Å². The summed E-state index contributed by atoms with van der Waals surface area (Å²) in [6.45, 7) is 0. The van der Waals surface area contributed by atoms with Gasteiger partial charge in [-0.2, -0.15) is 10.2 Å². The first-order chi connectivity index (χ1) is 11.1. The van der Waals surface area contributed by atoms with Crippen molar-refractivity contribution in [2.24, 2.45) is 12.1 Å². The average molecular weight is 312 g/mol. The van der Waals surface area contributed by atoms with E-state index in [1.807, 2.05) is 6.07 Å². The van der Waals surface area contributed by atoms with Gasteiger partial charge in [-0.05, 0) is 18.2 Å². The summed E-state index contributed by atoms with van der Waals surface area (Å²) >= 11 is 0. The predicted octanol–water partition coefficient (Wildman–Crippen LogP) is 2.43. The van der Waals surface area contributed by atoms with Gasteiger partial charge < -0.3 is 4.42 Å². The molecule has 0 radical (unpaired) electrons. The molecule has 0 aromatic carbocycles. The van der Waals surface area contributed by atoms with Crippen LogP contribution in [0.3, 0.4) is 0 Å². The third kappa shape index (κ3) is 3.23. The van der Waals surface area contributed by atoms with E-state index in [9.17, 15) is 10.1 Å². The summed E-state index contributed by atoms with van der Waals surface area (Å²) in [4.78, 5) is 14.2. The van der Waals surface area contributed by atoms with Gasteiger partial charge in [0.1, 0.15) is 16.4 Å². The van der Waals surface area contributed by atoms with Gasteiger partial charge in [-0.25, -0.2) is 4.98 Å². The third-order valence-corrected chi connectivity index (χ3v) is 2.91. The number of nitrogens with one attached hydrogen (secondary N) is 1. The van der Waals surface area contributed by atoms with Crippen LogP contribution in [0.2, 0.25) is 0 Å². The van der Waals surface area contributed by atoms with E-state index in [2.05, 4.69) is 20.6 Å². The Morgan fingerprint density at radius 2 is 2.26 bits per heavy atom. The monoisotopic (exact) mass is 312 g/mol. The van der Waals surface area contributed by atoms with Crippen molar-refractivity contribution in [3.05, 3.63) is 58.4 Å². The topological polar surface area (TPSA) is 111 Å². The maximum absolute atomic E-state index is 10.7. The van der Waals surface area contributed by atoms with E-state index in [4.69, 9.17) is 4.42 Å². The van der Waals surface area contributed by atoms with Crippen LogP contribution in [0.25, 0.3) is 11.5 Å². The number of hydrazone groups is 1. The Morgan fingerprint density at radius 1 is 1.39 bits per heavy atom. The molecule has 0 fully saturated rings. The minimum absolute atomic E-state index is 0.302. The van der Waals surface area contributed by atoms with Crippen LogP contribution in [0, 0.1) is 10.1 Å². The standard InChI is InChI=1S/C14H12N6O3/c1-19-9-10(8-16-17-12-4-2-3-7-15-12)14(18-19)11-5-6-13(23-11)20(21)22/h2-9H,1H3,(H,15,17)/b16-8+. The molecule has 0 saturated heterocycles. The molecule has 0 aliphatic rings. The SMILES string of the molecule is Cn1cc(/C=N/Nc2ccccn2)c(-c2ccc([N+](=O)[O-])o2)n1. The van der Waals surface area contributed by atoms with Gasteiger partial charge >= 0.3 is 5.88 Å². The van der Waals surface area contributed by atoms with Crippen LogP contribution >= 0.6 is 0 Å². The fraction of sp³-hybridized carbons (Fsp3) is 0.0714. The van der Waals surface area contributed by atoms with Crippen LogP contribution in [0.15, 0.2) is 52.2 Å². The zero-order chi connectivity index (χ0) is 16.2.